The highest BCUT2D eigenvalue weighted by Gasteiger charge is 2.96. The predicted octanol–water partition coefficient (Wildman–Crippen LogP) is 5.46. The third kappa shape index (κ3) is 3.76. The van der Waals surface area contributed by atoms with E-state index in [9.17, 15) is 83.1 Å². The molecule has 0 radical (unpaired) electrons. The largest absolute Gasteiger partial charge is 0.460 e. The molecule has 3 nitrogen and oxygen atoms in total. The quantitative estimate of drug-likeness (QED) is 0.232. The van der Waals surface area contributed by atoms with Crippen molar-refractivity contribution >= 4 is 34.1 Å². The topological polar surface area (TPSA) is 54.4 Å². The first kappa shape index (κ1) is 31.6. The molecule has 30 heavy (non-hydrogen) atoms. The fourth-order valence-electron chi connectivity index (χ4n) is 1.31. The molecule has 0 atom stereocenters. The monoisotopic (exact) mass is 628 g/mol. The zero-order chi connectivity index (χ0) is 24.5. The summed E-state index contributed by atoms with van der Waals surface area (Å²) < 4.78 is 242. The maximum absolute atomic E-state index is 13.0. The SMILES string of the molecule is I.O=S(=O)(O)C(F)(F)C(F)(F)C(F)(F)C(F)(F)C(F)(F)C(F)(F)C(F)(F)C(F)(F)F. The standard InChI is InChI=1S/C8HF17O3S.HI/c9-1(10,3(13,14)5(17,18)7(21,22)23)2(11,12)4(15,16)6(19,20)8(24,25)29(26,27)28;/h(H,26,27,28);1H. The van der Waals surface area contributed by atoms with Crippen LogP contribution in [0.3, 0.4) is 0 Å². The highest BCUT2D eigenvalue weighted by atomic mass is 127. The Labute approximate surface area is 169 Å². The molecule has 0 aromatic rings. The molecular formula is C8H2F17IO3S. The van der Waals surface area contributed by atoms with Crippen molar-refractivity contribution in [2.24, 2.45) is 0 Å². The second-order valence-electron chi connectivity index (χ2n) is 4.94. The lowest BCUT2D eigenvalue weighted by molar-refractivity contribution is -0.458. The highest BCUT2D eigenvalue weighted by molar-refractivity contribution is 14.0. The smallest absolute Gasteiger partial charge is 0.281 e. The molecule has 0 amide bonds. The van der Waals surface area contributed by atoms with Gasteiger partial charge in [-0.05, 0) is 0 Å². The molecule has 0 unspecified atom stereocenters. The van der Waals surface area contributed by atoms with Crippen molar-refractivity contribution in [1.29, 1.82) is 0 Å². The molecule has 0 aromatic carbocycles. The summed E-state index contributed by atoms with van der Waals surface area (Å²) in [7, 11) is -7.89. The summed E-state index contributed by atoms with van der Waals surface area (Å²) in [5.41, 5.74) is 0. The van der Waals surface area contributed by atoms with E-state index < -0.39 is 57.1 Å². The van der Waals surface area contributed by atoms with Crippen molar-refractivity contribution in [3.05, 3.63) is 0 Å². The van der Waals surface area contributed by atoms with E-state index >= 15 is 0 Å². The lowest BCUT2D eigenvalue weighted by Crippen LogP contribution is -2.74. The van der Waals surface area contributed by atoms with E-state index in [4.69, 9.17) is 4.55 Å². The van der Waals surface area contributed by atoms with Crippen LogP contribution in [0.25, 0.3) is 0 Å². The van der Waals surface area contributed by atoms with Crippen LogP contribution in [0.1, 0.15) is 0 Å². The predicted molar refractivity (Wildman–Crippen MR) is 67.6 cm³/mol. The zero-order valence-corrected chi connectivity index (χ0v) is 15.7. The summed E-state index contributed by atoms with van der Waals surface area (Å²) in [6.07, 6.45) is -7.88. The van der Waals surface area contributed by atoms with E-state index in [1.54, 1.807) is 0 Å². The summed E-state index contributed by atoms with van der Waals surface area (Å²) >= 11 is 0. The molecule has 0 aromatic heterocycles. The Morgan fingerprint density at radius 2 is 0.633 bits per heavy atom. The van der Waals surface area contributed by atoms with Crippen LogP contribution >= 0.6 is 24.0 Å². The molecule has 0 aliphatic carbocycles. The van der Waals surface area contributed by atoms with Gasteiger partial charge in [0, 0.05) is 0 Å². The first-order valence-corrected chi connectivity index (χ1v) is 7.12. The van der Waals surface area contributed by atoms with Crippen LogP contribution in [-0.2, 0) is 10.1 Å². The Balaban J connectivity index is 0. The van der Waals surface area contributed by atoms with E-state index in [0.29, 0.717) is 0 Å². The Bertz CT molecular complexity index is 739. The maximum Gasteiger partial charge on any atom is 0.460 e. The van der Waals surface area contributed by atoms with Crippen molar-refractivity contribution in [2.75, 3.05) is 0 Å². The lowest BCUT2D eigenvalue weighted by Gasteiger charge is -2.42. The average Bonchev–Trinajstić information content (AvgIpc) is 2.43. The molecule has 0 aliphatic heterocycles. The van der Waals surface area contributed by atoms with Gasteiger partial charge in [-0.25, -0.2) is 0 Å². The van der Waals surface area contributed by atoms with Gasteiger partial charge in [0.05, 0.1) is 0 Å². The number of halogens is 18. The van der Waals surface area contributed by atoms with Crippen LogP contribution in [-0.4, -0.2) is 59.9 Å². The van der Waals surface area contributed by atoms with Crippen LogP contribution in [0.15, 0.2) is 0 Å². The van der Waals surface area contributed by atoms with Gasteiger partial charge in [0.1, 0.15) is 0 Å². The Morgan fingerprint density at radius 1 is 0.433 bits per heavy atom. The van der Waals surface area contributed by atoms with Crippen molar-refractivity contribution in [2.45, 2.75) is 47.0 Å². The fraction of sp³-hybridized carbons (Fsp3) is 1.00. The normalized spacial score (nSPS) is 16.3. The van der Waals surface area contributed by atoms with Gasteiger partial charge < -0.3 is 0 Å². The number of alkyl halides is 17. The molecule has 0 bridgehead atoms. The summed E-state index contributed by atoms with van der Waals surface area (Å²) in [5.74, 6) is -52.0. The van der Waals surface area contributed by atoms with Crippen LogP contribution < -0.4 is 0 Å². The second kappa shape index (κ2) is 7.50. The van der Waals surface area contributed by atoms with Crippen molar-refractivity contribution in [3.63, 3.8) is 0 Å². The minimum absolute atomic E-state index is 0. The third-order valence-electron chi connectivity index (χ3n) is 3.02. The Morgan fingerprint density at radius 3 is 0.833 bits per heavy atom. The number of hydrogen-bond acceptors (Lipinski definition) is 2. The first-order chi connectivity index (χ1) is 12.0. The number of hydrogen-bond donors (Lipinski definition) is 1. The Hall–Kier alpha value is -0.550. The maximum atomic E-state index is 13.0. The van der Waals surface area contributed by atoms with Gasteiger partial charge >= 0.3 is 57.1 Å². The average molecular weight is 628 g/mol. The van der Waals surface area contributed by atoms with E-state index in [-0.39, 0.29) is 24.0 Å². The minimum Gasteiger partial charge on any atom is -0.281 e. The fourth-order valence-corrected chi connectivity index (χ4v) is 1.76. The molecule has 0 spiro atoms. The molecule has 0 saturated heterocycles. The van der Waals surface area contributed by atoms with Crippen LogP contribution in [0, 0.1) is 0 Å². The van der Waals surface area contributed by atoms with Gasteiger partial charge in [0.2, 0.25) is 0 Å². The molecule has 0 fully saturated rings. The van der Waals surface area contributed by atoms with E-state index in [1.165, 1.54) is 0 Å². The second-order valence-corrected chi connectivity index (χ2v) is 6.40. The Kier molecular flexibility index (Phi) is 7.91. The van der Waals surface area contributed by atoms with Crippen LogP contribution in [0.5, 0.6) is 0 Å². The molecule has 22 heteroatoms. The summed E-state index contributed by atoms with van der Waals surface area (Å²) in [5, 5.41) is -7.84. The van der Waals surface area contributed by atoms with Crippen LogP contribution in [0.2, 0.25) is 0 Å². The third-order valence-corrected chi connectivity index (χ3v) is 3.92. The van der Waals surface area contributed by atoms with Crippen molar-refractivity contribution < 1.29 is 87.6 Å². The zero-order valence-electron chi connectivity index (χ0n) is 12.5. The van der Waals surface area contributed by atoms with Crippen molar-refractivity contribution in [1.82, 2.24) is 0 Å². The summed E-state index contributed by atoms with van der Waals surface area (Å²) in [4.78, 5) is 0. The number of rotatable bonds is 7. The molecule has 1 N–H and O–H groups in total. The highest BCUT2D eigenvalue weighted by Crippen LogP contribution is 2.64. The van der Waals surface area contributed by atoms with Gasteiger partial charge in [0.25, 0.3) is 0 Å². The summed E-state index contributed by atoms with van der Waals surface area (Å²) in [6.45, 7) is 0. The first-order valence-electron chi connectivity index (χ1n) is 5.68. The van der Waals surface area contributed by atoms with E-state index in [0.717, 1.165) is 0 Å². The van der Waals surface area contributed by atoms with E-state index in [2.05, 4.69) is 0 Å². The molecule has 0 rings (SSSR count). The minimum atomic E-state index is -8.89. The van der Waals surface area contributed by atoms with E-state index in [1.807, 2.05) is 0 Å². The van der Waals surface area contributed by atoms with Gasteiger partial charge in [-0.3, -0.25) is 4.55 Å². The van der Waals surface area contributed by atoms with Crippen molar-refractivity contribution in [3.8, 4) is 0 Å². The van der Waals surface area contributed by atoms with Gasteiger partial charge in [0.15, 0.2) is 0 Å². The molecule has 0 aliphatic rings. The van der Waals surface area contributed by atoms with Gasteiger partial charge in [-0.1, -0.05) is 0 Å². The van der Waals surface area contributed by atoms with Crippen LogP contribution in [0.4, 0.5) is 74.6 Å². The van der Waals surface area contributed by atoms with Gasteiger partial charge in [-0.15, -0.1) is 24.0 Å². The molecular weight excluding hydrogens is 626 g/mol. The molecule has 0 saturated carbocycles. The molecule has 0 heterocycles. The molecule has 184 valence electrons. The summed E-state index contributed by atoms with van der Waals surface area (Å²) in [6, 6.07) is 0. The lowest BCUT2D eigenvalue weighted by atomic mass is 9.91. The van der Waals surface area contributed by atoms with Gasteiger partial charge in [-0.2, -0.15) is 83.1 Å².